The summed E-state index contributed by atoms with van der Waals surface area (Å²) in [6.45, 7) is 3.73. The molecule has 1 aromatic rings. The molecule has 0 radical (unpaired) electrons. The SMILES string of the molecule is CCN(CCBr)c1nc(OC)cc(OC)n1. The molecule has 0 fully saturated rings. The maximum atomic E-state index is 5.10. The van der Waals surface area contributed by atoms with Crippen molar-refractivity contribution < 1.29 is 9.47 Å². The summed E-state index contributed by atoms with van der Waals surface area (Å²) < 4.78 is 10.2. The van der Waals surface area contributed by atoms with Crippen LogP contribution in [0.5, 0.6) is 11.8 Å². The summed E-state index contributed by atoms with van der Waals surface area (Å²) in [5, 5.41) is 0.865. The van der Waals surface area contributed by atoms with E-state index in [0.29, 0.717) is 17.7 Å². The van der Waals surface area contributed by atoms with E-state index >= 15 is 0 Å². The van der Waals surface area contributed by atoms with Crippen LogP contribution in [0.4, 0.5) is 5.95 Å². The summed E-state index contributed by atoms with van der Waals surface area (Å²) in [4.78, 5) is 10.6. The van der Waals surface area contributed by atoms with Gasteiger partial charge in [0, 0.05) is 18.4 Å². The van der Waals surface area contributed by atoms with Crippen molar-refractivity contribution in [2.45, 2.75) is 6.92 Å². The number of rotatable bonds is 6. The van der Waals surface area contributed by atoms with Gasteiger partial charge in [-0.05, 0) is 6.92 Å². The van der Waals surface area contributed by atoms with Crippen molar-refractivity contribution in [1.29, 1.82) is 0 Å². The highest BCUT2D eigenvalue weighted by Crippen LogP contribution is 2.19. The second-order valence-corrected chi connectivity index (χ2v) is 3.81. The summed E-state index contributed by atoms with van der Waals surface area (Å²) in [7, 11) is 3.15. The van der Waals surface area contributed by atoms with Crippen LogP contribution in [0.15, 0.2) is 6.07 Å². The molecule has 1 aromatic heterocycles. The second-order valence-electron chi connectivity index (χ2n) is 3.02. The summed E-state index contributed by atoms with van der Waals surface area (Å²) in [6.07, 6.45) is 0. The molecule has 0 aromatic carbocycles. The van der Waals surface area contributed by atoms with E-state index in [4.69, 9.17) is 9.47 Å². The summed E-state index contributed by atoms with van der Waals surface area (Å²) in [6, 6.07) is 1.66. The van der Waals surface area contributed by atoms with Crippen LogP contribution >= 0.6 is 15.9 Å². The molecule has 0 N–H and O–H groups in total. The predicted molar refractivity (Wildman–Crippen MR) is 66.8 cm³/mol. The molecule has 0 aliphatic carbocycles. The number of anilines is 1. The van der Waals surface area contributed by atoms with Gasteiger partial charge in [-0.25, -0.2) is 0 Å². The standard InChI is InChI=1S/C10H16BrN3O2/c1-4-14(6-5-11)10-12-8(15-2)7-9(13-10)16-3/h7H,4-6H2,1-3H3. The van der Waals surface area contributed by atoms with Crippen molar-refractivity contribution in [2.24, 2.45) is 0 Å². The lowest BCUT2D eigenvalue weighted by atomic mass is 10.5. The summed E-state index contributed by atoms with van der Waals surface area (Å²) in [5.41, 5.74) is 0. The van der Waals surface area contributed by atoms with E-state index in [-0.39, 0.29) is 0 Å². The fourth-order valence-corrected chi connectivity index (χ4v) is 1.67. The van der Waals surface area contributed by atoms with Crippen LogP contribution < -0.4 is 14.4 Å². The zero-order valence-corrected chi connectivity index (χ0v) is 11.3. The van der Waals surface area contributed by atoms with E-state index in [9.17, 15) is 0 Å². The average Bonchev–Trinajstić information content (AvgIpc) is 2.35. The molecule has 0 saturated heterocycles. The van der Waals surface area contributed by atoms with Crippen LogP contribution in [0, 0.1) is 0 Å². The largest absolute Gasteiger partial charge is 0.481 e. The first-order valence-corrected chi connectivity index (χ1v) is 6.15. The molecule has 0 aliphatic rings. The van der Waals surface area contributed by atoms with E-state index in [1.165, 1.54) is 0 Å². The monoisotopic (exact) mass is 289 g/mol. The molecule has 16 heavy (non-hydrogen) atoms. The number of nitrogens with zero attached hydrogens (tertiary/aromatic N) is 3. The Morgan fingerprint density at radius 1 is 1.25 bits per heavy atom. The van der Waals surface area contributed by atoms with Gasteiger partial charge in [0.2, 0.25) is 17.7 Å². The van der Waals surface area contributed by atoms with E-state index in [0.717, 1.165) is 18.4 Å². The van der Waals surface area contributed by atoms with Crippen molar-refractivity contribution in [2.75, 3.05) is 37.5 Å². The van der Waals surface area contributed by atoms with Crippen LogP contribution in [0.2, 0.25) is 0 Å². The Hall–Kier alpha value is -1.04. The third-order valence-electron chi connectivity index (χ3n) is 2.10. The van der Waals surface area contributed by atoms with Gasteiger partial charge >= 0.3 is 0 Å². The lowest BCUT2D eigenvalue weighted by molar-refractivity contribution is 0.371. The zero-order valence-electron chi connectivity index (χ0n) is 9.73. The number of methoxy groups -OCH3 is 2. The summed E-state index contributed by atoms with van der Waals surface area (Å²) in [5.74, 6) is 1.64. The molecule has 1 heterocycles. The van der Waals surface area contributed by atoms with Crippen LogP contribution in [0.25, 0.3) is 0 Å². The number of alkyl halides is 1. The molecule has 0 spiro atoms. The Bertz CT molecular complexity index is 314. The fraction of sp³-hybridized carbons (Fsp3) is 0.600. The van der Waals surface area contributed by atoms with Gasteiger partial charge in [0.05, 0.1) is 20.3 Å². The molecule has 0 atom stereocenters. The molecule has 0 saturated carbocycles. The van der Waals surface area contributed by atoms with E-state index < -0.39 is 0 Å². The molecular weight excluding hydrogens is 274 g/mol. The number of hydrogen-bond donors (Lipinski definition) is 0. The first-order chi connectivity index (χ1) is 7.74. The first kappa shape index (κ1) is 13.0. The molecular formula is C10H16BrN3O2. The Morgan fingerprint density at radius 2 is 1.81 bits per heavy atom. The Kier molecular flexibility index (Phi) is 5.31. The molecule has 5 nitrogen and oxygen atoms in total. The van der Waals surface area contributed by atoms with Crippen molar-refractivity contribution in [3.63, 3.8) is 0 Å². The van der Waals surface area contributed by atoms with E-state index in [1.54, 1.807) is 20.3 Å². The van der Waals surface area contributed by atoms with Gasteiger partial charge in [0.1, 0.15) is 0 Å². The lowest BCUT2D eigenvalue weighted by Crippen LogP contribution is -2.27. The van der Waals surface area contributed by atoms with Crippen LogP contribution in [-0.4, -0.2) is 42.6 Å². The number of ether oxygens (including phenoxy) is 2. The van der Waals surface area contributed by atoms with Crippen molar-refractivity contribution in [3.8, 4) is 11.8 Å². The maximum absolute atomic E-state index is 5.10. The van der Waals surface area contributed by atoms with Crippen molar-refractivity contribution >= 4 is 21.9 Å². The smallest absolute Gasteiger partial charge is 0.231 e. The number of hydrogen-bond acceptors (Lipinski definition) is 5. The highest BCUT2D eigenvalue weighted by Gasteiger charge is 2.11. The molecule has 0 amide bonds. The van der Waals surface area contributed by atoms with Gasteiger partial charge in [0.15, 0.2) is 0 Å². The molecule has 1 rings (SSSR count). The highest BCUT2D eigenvalue weighted by molar-refractivity contribution is 9.09. The highest BCUT2D eigenvalue weighted by atomic mass is 79.9. The Balaban J connectivity index is 3.00. The van der Waals surface area contributed by atoms with E-state index in [1.807, 2.05) is 4.90 Å². The van der Waals surface area contributed by atoms with Gasteiger partial charge < -0.3 is 14.4 Å². The van der Waals surface area contributed by atoms with Gasteiger partial charge in [-0.15, -0.1) is 0 Å². The fourth-order valence-electron chi connectivity index (χ4n) is 1.24. The van der Waals surface area contributed by atoms with Crippen LogP contribution in [-0.2, 0) is 0 Å². The minimum atomic E-state index is 0.509. The number of halogens is 1. The molecule has 6 heteroatoms. The average molecular weight is 290 g/mol. The van der Waals surface area contributed by atoms with Gasteiger partial charge in [-0.1, -0.05) is 15.9 Å². The van der Waals surface area contributed by atoms with Gasteiger partial charge in [0.25, 0.3) is 0 Å². The maximum Gasteiger partial charge on any atom is 0.231 e. The molecule has 0 unspecified atom stereocenters. The van der Waals surface area contributed by atoms with Crippen molar-refractivity contribution in [3.05, 3.63) is 6.07 Å². The minimum absolute atomic E-state index is 0.509. The Labute approximate surface area is 104 Å². The van der Waals surface area contributed by atoms with Crippen LogP contribution in [0.3, 0.4) is 0 Å². The third kappa shape index (κ3) is 3.23. The summed E-state index contributed by atoms with van der Waals surface area (Å²) >= 11 is 3.40. The Morgan fingerprint density at radius 3 is 2.19 bits per heavy atom. The molecule has 0 aliphatic heterocycles. The second kappa shape index (κ2) is 6.52. The third-order valence-corrected chi connectivity index (χ3v) is 2.46. The molecule has 0 bridgehead atoms. The first-order valence-electron chi connectivity index (χ1n) is 5.03. The topological polar surface area (TPSA) is 47.5 Å². The zero-order chi connectivity index (χ0) is 12.0. The number of aromatic nitrogens is 2. The normalized spacial score (nSPS) is 10.0. The van der Waals surface area contributed by atoms with Gasteiger partial charge in [-0.2, -0.15) is 9.97 Å². The quantitative estimate of drug-likeness (QED) is 0.746. The van der Waals surface area contributed by atoms with Crippen molar-refractivity contribution in [1.82, 2.24) is 9.97 Å². The van der Waals surface area contributed by atoms with Crippen LogP contribution in [0.1, 0.15) is 6.92 Å². The van der Waals surface area contributed by atoms with Gasteiger partial charge in [-0.3, -0.25) is 0 Å². The minimum Gasteiger partial charge on any atom is -0.481 e. The predicted octanol–water partition coefficient (Wildman–Crippen LogP) is 1.72. The molecule has 90 valence electrons. The lowest BCUT2D eigenvalue weighted by Gasteiger charge is -2.20. The van der Waals surface area contributed by atoms with E-state index in [2.05, 4.69) is 32.8 Å².